The molecule has 0 saturated carbocycles. The molecule has 116 valence electrons. The summed E-state index contributed by atoms with van der Waals surface area (Å²) in [5, 5.41) is 9.57. The van der Waals surface area contributed by atoms with Crippen molar-refractivity contribution < 1.29 is 17.7 Å². The van der Waals surface area contributed by atoms with Crippen LogP contribution in [0.3, 0.4) is 0 Å². The molecule has 9 heteroatoms. The van der Waals surface area contributed by atoms with Crippen molar-refractivity contribution in [2.75, 3.05) is 24.6 Å². The zero-order valence-corrected chi connectivity index (χ0v) is 12.4. The Labute approximate surface area is 122 Å². The third-order valence-corrected chi connectivity index (χ3v) is 5.72. The Hall–Kier alpha value is -1.48. The van der Waals surface area contributed by atoms with Crippen molar-refractivity contribution in [2.24, 2.45) is 5.92 Å². The normalized spacial score (nSPS) is 27.8. The van der Waals surface area contributed by atoms with Gasteiger partial charge in [0.15, 0.2) is 9.84 Å². The third kappa shape index (κ3) is 3.41. The van der Waals surface area contributed by atoms with E-state index in [4.69, 9.17) is 4.52 Å². The number of rotatable bonds is 4. The Morgan fingerprint density at radius 3 is 2.95 bits per heavy atom. The number of hydrogen-bond donors (Lipinski definition) is 2. The van der Waals surface area contributed by atoms with Crippen LogP contribution in [-0.2, 0) is 9.84 Å². The number of hydrogen-bond acceptors (Lipinski definition) is 7. The van der Waals surface area contributed by atoms with Crippen LogP contribution in [0.25, 0.3) is 0 Å². The Kier molecular flexibility index (Phi) is 3.94. The lowest BCUT2D eigenvalue weighted by Crippen LogP contribution is -2.30. The topological polar surface area (TPSA) is 114 Å². The quantitative estimate of drug-likeness (QED) is 0.781. The first-order chi connectivity index (χ1) is 10.0. The predicted molar refractivity (Wildman–Crippen MR) is 73.4 cm³/mol. The van der Waals surface area contributed by atoms with Gasteiger partial charge in [-0.2, -0.15) is 4.98 Å². The smallest absolute Gasteiger partial charge is 0.292 e. The second kappa shape index (κ2) is 5.72. The van der Waals surface area contributed by atoms with E-state index < -0.39 is 15.7 Å². The molecule has 2 unspecified atom stereocenters. The zero-order chi connectivity index (χ0) is 14.9. The van der Waals surface area contributed by atoms with E-state index in [1.807, 2.05) is 0 Å². The van der Waals surface area contributed by atoms with Crippen molar-refractivity contribution in [1.82, 2.24) is 20.8 Å². The van der Waals surface area contributed by atoms with Gasteiger partial charge in [0.05, 0.1) is 17.5 Å². The monoisotopic (exact) mass is 314 g/mol. The molecule has 2 atom stereocenters. The molecule has 8 nitrogen and oxygen atoms in total. The molecule has 0 radical (unpaired) electrons. The molecule has 3 heterocycles. The van der Waals surface area contributed by atoms with Crippen LogP contribution in [0.5, 0.6) is 0 Å². The number of sulfone groups is 1. The average Bonchev–Trinajstić information content (AvgIpc) is 3.15. The number of nitrogens with one attached hydrogen (secondary N) is 2. The molecule has 21 heavy (non-hydrogen) atoms. The first kappa shape index (κ1) is 14.5. The molecule has 1 amide bonds. The van der Waals surface area contributed by atoms with Crippen LogP contribution >= 0.6 is 0 Å². The summed E-state index contributed by atoms with van der Waals surface area (Å²) in [6.07, 6.45) is 2.56. The summed E-state index contributed by atoms with van der Waals surface area (Å²) < 4.78 is 27.8. The van der Waals surface area contributed by atoms with Gasteiger partial charge in [-0.25, -0.2) is 8.42 Å². The van der Waals surface area contributed by atoms with Gasteiger partial charge >= 0.3 is 0 Å². The van der Waals surface area contributed by atoms with Crippen molar-refractivity contribution >= 4 is 15.7 Å². The summed E-state index contributed by atoms with van der Waals surface area (Å²) >= 11 is 0. The predicted octanol–water partition coefficient (Wildman–Crippen LogP) is -0.341. The summed E-state index contributed by atoms with van der Waals surface area (Å²) in [4.78, 5) is 16.0. The standard InChI is InChI=1S/C12H18N4O4S/c17-11(14-6-8-3-5-21(18,19)7-8)10-15-12(20-16-10)9-2-1-4-13-9/h8-9,13H,1-7H2,(H,14,17). The molecule has 2 aliphatic rings. The van der Waals surface area contributed by atoms with Crippen molar-refractivity contribution in [2.45, 2.75) is 25.3 Å². The molecule has 1 aromatic rings. The second-order valence-corrected chi connectivity index (χ2v) is 7.81. The van der Waals surface area contributed by atoms with Gasteiger partial charge in [0, 0.05) is 6.54 Å². The van der Waals surface area contributed by atoms with Crippen LogP contribution in [0.15, 0.2) is 4.52 Å². The molecule has 0 aromatic carbocycles. The SMILES string of the molecule is O=C(NCC1CCS(=O)(=O)C1)c1noc(C2CCCN2)n1. The summed E-state index contributed by atoms with van der Waals surface area (Å²) in [5.74, 6) is 0.319. The minimum Gasteiger partial charge on any atom is -0.349 e. The molecule has 2 aliphatic heterocycles. The fourth-order valence-electron chi connectivity index (χ4n) is 2.71. The molecular weight excluding hydrogens is 296 g/mol. The maximum absolute atomic E-state index is 11.9. The third-order valence-electron chi connectivity index (χ3n) is 3.88. The lowest BCUT2D eigenvalue weighted by atomic mass is 10.1. The molecule has 0 spiro atoms. The molecule has 1 aromatic heterocycles. The molecule has 0 bridgehead atoms. The lowest BCUT2D eigenvalue weighted by molar-refractivity contribution is 0.0935. The maximum atomic E-state index is 11.9. The number of nitrogens with zero attached hydrogens (tertiary/aromatic N) is 2. The number of aromatic nitrogens is 2. The van der Waals surface area contributed by atoms with Crippen LogP contribution < -0.4 is 10.6 Å². The first-order valence-corrected chi connectivity index (χ1v) is 8.91. The zero-order valence-electron chi connectivity index (χ0n) is 11.5. The Balaban J connectivity index is 1.53. The van der Waals surface area contributed by atoms with E-state index in [2.05, 4.69) is 20.8 Å². The van der Waals surface area contributed by atoms with Crippen LogP contribution in [0.4, 0.5) is 0 Å². The van der Waals surface area contributed by atoms with Gasteiger partial charge in [0.25, 0.3) is 11.7 Å². The second-order valence-electron chi connectivity index (χ2n) is 5.58. The van der Waals surface area contributed by atoms with E-state index in [1.54, 1.807) is 0 Å². The number of carbonyl (C=O) groups is 1. The maximum Gasteiger partial charge on any atom is 0.292 e. The summed E-state index contributed by atoms with van der Waals surface area (Å²) in [7, 11) is -2.92. The van der Waals surface area contributed by atoms with E-state index in [-0.39, 0.29) is 29.3 Å². The van der Waals surface area contributed by atoms with Gasteiger partial charge in [0.2, 0.25) is 5.89 Å². The van der Waals surface area contributed by atoms with Crippen LogP contribution in [0.1, 0.15) is 41.8 Å². The van der Waals surface area contributed by atoms with Gasteiger partial charge < -0.3 is 15.2 Å². The largest absolute Gasteiger partial charge is 0.349 e. The van der Waals surface area contributed by atoms with Crippen molar-refractivity contribution in [3.05, 3.63) is 11.7 Å². The van der Waals surface area contributed by atoms with Crippen LogP contribution in [-0.4, -0.2) is 49.1 Å². The van der Waals surface area contributed by atoms with E-state index >= 15 is 0 Å². The van der Waals surface area contributed by atoms with Crippen LogP contribution in [0, 0.1) is 5.92 Å². The highest BCUT2D eigenvalue weighted by molar-refractivity contribution is 7.91. The van der Waals surface area contributed by atoms with Crippen molar-refractivity contribution in [1.29, 1.82) is 0 Å². The van der Waals surface area contributed by atoms with E-state index in [0.29, 0.717) is 18.9 Å². The highest BCUT2D eigenvalue weighted by Gasteiger charge is 2.29. The van der Waals surface area contributed by atoms with Gasteiger partial charge in [-0.1, -0.05) is 5.16 Å². The average molecular weight is 314 g/mol. The Morgan fingerprint density at radius 2 is 2.29 bits per heavy atom. The van der Waals surface area contributed by atoms with E-state index in [1.165, 1.54) is 0 Å². The number of carbonyl (C=O) groups excluding carboxylic acids is 1. The van der Waals surface area contributed by atoms with Gasteiger partial charge in [-0.05, 0) is 31.7 Å². The van der Waals surface area contributed by atoms with Gasteiger partial charge in [-0.15, -0.1) is 0 Å². The molecule has 2 saturated heterocycles. The fourth-order valence-corrected chi connectivity index (χ4v) is 4.58. The fraction of sp³-hybridized carbons (Fsp3) is 0.750. The van der Waals surface area contributed by atoms with E-state index in [0.717, 1.165) is 19.4 Å². The summed E-state index contributed by atoms with van der Waals surface area (Å²) in [5.41, 5.74) is 0. The first-order valence-electron chi connectivity index (χ1n) is 7.09. The van der Waals surface area contributed by atoms with Crippen molar-refractivity contribution in [3.8, 4) is 0 Å². The minimum absolute atomic E-state index is 0.000413. The number of amides is 1. The summed E-state index contributed by atoms with van der Waals surface area (Å²) in [6.45, 7) is 1.23. The lowest BCUT2D eigenvalue weighted by Gasteiger charge is -2.07. The van der Waals surface area contributed by atoms with Gasteiger partial charge in [-0.3, -0.25) is 4.79 Å². The summed E-state index contributed by atoms with van der Waals surface area (Å²) in [6, 6.07) is 0.0269. The Morgan fingerprint density at radius 1 is 1.43 bits per heavy atom. The van der Waals surface area contributed by atoms with Crippen LogP contribution in [0.2, 0.25) is 0 Å². The highest BCUT2D eigenvalue weighted by Crippen LogP contribution is 2.21. The molecule has 2 fully saturated rings. The minimum atomic E-state index is -2.92. The molecule has 0 aliphatic carbocycles. The molecule has 3 rings (SSSR count). The van der Waals surface area contributed by atoms with Gasteiger partial charge in [0.1, 0.15) is 0 Å². The van der Waals surface area contributed by atoms with Crippen molar-refractivity contribution in [3.63, 3.8) is 0 Å². The highest BCUT2D eigenvalue weighted by atomic mass is 32.2. The Bertz CT molecular complexity index is 621. The molecular formula is C12H18N4O4S. The molecule has 2 N–H and O–H groups in total. The van der Waals surface area contributed by atoms with E-state index in [9.17, 15) is 13.2 Å².